The van der Waals surface area contributed by atoms with Gasteiger partial charge in [-0.05, 0) is 77.7 Å². The summed E-state index contributed by atoms with van der Waals surface area (Å²) in [5, 5.41) is 0. The van der Waals surface area contributed by atoms with Crippen LogP contribution in [0.5, 0.6) is 0 Å². The molecule has 1 aliphatic rings. The second-order valence-corrected chi connectivity index (χ2v) is 18.7. The molecule has 0 aromatic heterocycles. The van der Waals surface area contributed by atoms with Crippen molar-refractivity contribution in [3.63, 3.8) is 0 Å². The van der Waals surface area contributed by atoms with Gasteiger partial charge in [-0.1, -0.05) is 198 Å². The lowest BCUT2D eigenvalue weighted by molar-refractivity contribution is -0.134. The molecule has 1 amide bonds. The molecule has 0 aromatic carbocycles. The van der Waals surface area contributed by atoms with E-state index < -0.39 is 0 Å². The van der Waals surface area contributed by atoms with Gasteiger partial charge in [-0.25, -0.2) is 0 Å². The van der Waals surface area contributed by atoms with Crippen LogP contribution >= 0.6 is 0 Å². The van der Waals surface area contributed by atoms with Crippen molar-refractivity contribution < 1.29 is 23.9 Å². The summed E-state index contributed by atoms with van der Waals surface area (Å²) in [5.74, 6) is 0.341. The fourth-order valence-corrected chi connectivity index (χ4v) is 8.87. The van der Waals surface area contributed by atoms with Gasteiger partial charge < -0.3 is 33.8 Å². The van der Waals surface area contributed by atoms with Crippen LogP contribution in [-0.2, 0) is 23.9 Å². The Hall–Kier alpha value is -1.43. The Morgan fingerprint density at radius 2 is 0.731 bits per heavy atom. The van der Waals surface area contributed by atoms with Crippen molar-refractivity contribution in [2.75, 3.05) is 112 Å². The minimum atomic E-state index is 0. The van der Waals surface area contributed by atoms with Crippen LogP contribution in [0.4, 0.5) is 0 Å². The molecule has 10 heteroatoms. The van der Waals surface area contributed by atoms with Gasteiger partial charge in [0.15, 0.2) is 0 Å². The smallest absolute Gasteiger partial charge is 0.236 e. The first-order valence-electron chi connectivity index (χ1n) is 27.4. The van der Waals surface area contributed by atoms with Gasteiger partial charge in [-0.2, -0.15) is 0 Å². The molecule has 0 unspecified atom stereocenters. The van der Waals surface area contributed by atoms with E-state index in [0.29, 0.717) is 19.2 Å². The predicted octanol–water partition coefficient (Wildman–Crippen LogP) is 14.0. The summed E-state index contributed by atoms with van der Waals surface area (Å²) in [4.78, 5) is 42.6. The molecule has 1 fully saturated rings. The number of carbonyl (C=O) groups excluding carboxylic acids is 3. The molecule has 10 nitrogen and oxygen atoms in total. The molecule has 1 rings (SSSR count). The fourth-order valence-electron chi connectivity index (χ4n) is 8.87. The number of unbranched alkanes of at least 4 members (excludes halogenated alkanes) is 25. The van der Waals surface area contributed by atoms with Crippen molar-refractivity contribution in [1.29, 1.82) is 0 Å². The van der Waals surface area contributed by atoms with E-state index in [-0.39, 0.29) is 22.3 Å². The van der Waals surface area contributed by atoms with Crippen LogP contribution in [0.15, 0.2) is 0 Å². The van der Waals surface area contributed by atoms with Gasteiger partial charge in [0.05, 0.1) is 6.54 Å². The summed E-state index contributed by atoms with van der Waals surface area (Å²) in [5.41, 5.74) is 0. The minimum Gasteiger partial charge on any atom is -0.359 e. The largest absolute Gasteiger partial charge is 0.359 e. The summed E-state index contributed by atoms with van der Waals surface area (Å²) in [6, 6.07) is 0. The zero-order chi connectivity index (χ0) is 47.4. The molecule has 0 saturated carbocycles. The Balaban J connectivity index is -0.00000178. The average molecular weight is 959 g/mol. The third-order valence-electron chi connectivity index (χ3n) is 13.1. The molecule has 0 N–H and O–H groups in total. The van der Waals surface area contributed by atoms with Gasteiger partial charge in [0.25, 0.3) is 0 Å². The van der Waals surface area contributed by atoms with Crippen molar-refractivity contribution in [3.05, 3.63) is 0 Å². The standard InChI is InChI=1S/C52H107N5O3.2CH2O.3CH4/c1-6-10-14-18-22-26-31-37-53(36-30-25-21-17-13-9-4)41-42-54(38-32-27-23-19-15-11-7-2)43-44-55-45-47-57(48-46-55)52(58)50-56(39-33-28-24-20-16-12-8-3)40-34-29-35-49-60-51-59-5;2*1-2;;;/h6-51H2,1-5H3;2*1H2;3*1H4. The summed E-state index contributed by atoms with van der Waals surface area (Å²) in [6.45, 7) is 29.3. The number of amides is 1. The predicted molar refractivity (Wildman–Crippen MR) is 296 cm³/mol. The zero-order valence-corrected chi connectivity index (χ0v) is 43.7. The Kier molecular flexibility index (Phi) is 69.6. The molecular formula is C57H123N5O5. The van der Waals surface area contributed by atoms with Gasteiger partial charge in [0.2, 0.25) is 5.91 Å². The van der Waals surface area contributed by atoms with E-state index in [1.54, 1.807) is 7.11 Å². The van der Waals surface area contributed by atoms with Gasteiger partial charge in [-0.15, -0.1) is 0 Å². The maximum Gasteiger partial charge on any atom is 0.236 e. The van der Waals surface area contributed by atoms with Crippen molar-refractivity contribution in [3.8, 4) is 0 Å². The average Bonchev–Trinajstić information content (AvgIpc) is 3.32. The number of hydrogen-bond acceptors (Lipinski definition) is 9. The second kappa shape index (κ2) is 62.6. The molecule has 1 heterocycles. The number of methoxy groups -OCH3 is 1. The number of carbonyl (C=O) groups is 3. The van der Waals surface area contributed by atoms with E-state index in [2.05, 4.69) is 52.2 Å². The number of piperazine rings is 1. The van der Waals surface area contributed by atoms with Crippen molar-refractivity contribution in [1.82, 2.24) is 24.5 Å². The van der Waals surface area contributed by atoms with Crippen LogP contribution < -0.4 is 0 Å². The quantitative estimate of drug-likeness (QED) is 0.0437. The second-order valence-electron chi connectivity index (χ2n) is 18.7. The van der Waals surface area contributed by atoms with Gasteiger partial charge >= 0.3 is 0 Å². The molecule has 0 spiro atoms. The zero-order valence-electron chi connectivity index (χ0n) is 43.7. The first-order valence-corrected chi connectivity index (χ1v) is 27.4. The van der Waals surface area contributed by atoms with E-state index >= 15 is 0 Å². The topological polar surface area (TPSA) is 85.9 Å². The van der Waals surface area contributed by atoms with Crippen LogP contribution in [0.25, 0.3) is 0 Å². The van der Waals surface area contributed by atoms with E-state index in [9.17, 15) is 4.79 Å². The molecule has 1 saturated heterocycles. The van der Waals surface area contributed by atoms with Gasteiger partial charge in [-0.3, -0.25) is 14.6 Å². The van der Waals surface area contributed by atoms with Crippen molar-refractivity contribution in [2.45, 2.75) is 243 Å². The Morgan fingerprint density at radius 3 is 1.09 bits per heavy atom. The van der Waals surface area contributed by atoms with Crippen molar-refractivity contribution >= 4 is 19.5 Å². The lowest BCUT2D eigenvalue weighted by atomic mass is 10.1. The number of rotatable bonds is 47. The molecule has 0 aliphatic carbocycles. The molecule has 1 aliphatic heterocycles. The van der Waals surface area contributed by atoms with Gasteiger partial charge in [0.1, 0.15) is 20.4 Å². The van der Waals surface area contributed by atoms with E-state index in [0.717, 1.165) is 78.2 Å². The molecule has 0 atom stereocenters. The summed E-state index contributed by atoms with van der Waals surface area (Å²) >= 11 is 0. The highest BCUT2D eigenvalue weighted by molar-refractivity contribution is 5.78. The summed E-state index contributed by atoms with van der Waals surface area (Å²) < 4.78 is 10.5. The number of hydrogen-bond donors (Lipinski definition) is 0. The molecule has 406 valence electrons. The highest BCUT2D eigenvalue weighted by atomic mass is 16.7. The third-order valence-corrected chi connectivity index (χ3v) is 13.1. The van der Waals surface area contributed by atoms with E-state index in [4.69, 9.17) is 19.1 Å². The highest BCUT2D eigenvalue weighted by Crippen LogP contribution is 2.14. The van der Waals surface area contributed by atoms with Gasteiger partial charge in [0, 0.05) is 66.1 Å². The van der Waals surface area contributed by atoms with Crippen LogP contribution in [0, 0.1) is 0 Å². The fraction of sp³-hybridized carbons (Fsp3) is 0.947. The monoisotopic (exact) mass is 958 g/mol. The summed E-state index contributed by atoms with van der Waals surface area (Å²) in [7, 11) is 1.68. The van der Waals surface area contributed by atoms with Crippen LogP contribution in [-0.4, -0.2) is 156 Å². The van der Waals surface area contributed by atoms with Crippen molar-refractivity contribution in [2.24, 2.45) is 0 Å². The third kappa shape index (κ3) is 50.8. The highest BCUT2D eigenvalue weighted by Gasteiger charge is 2.23. The Morgan fingerprint density at radius 1 is 0.418 bits per heavy atom. The lowest BCUT2D eigenvalue weighted by Crippen LogP contribution is -2.52. The molecule has 67 heavy (non-hydrogen) atoms. The first-order chi connectivity index (χ1) is 31.6. The Bertz CT molecular complexity index is 892. The molecule has 0 aromatic rings. The Labute approximate surface area is 421 Å². The number of nitrogens with zero attached hydrogens (tertiary/aromatic N) is 5. The molecular weight excluding hydrogens is 835 g/mol. The van der Waals surface area contributed by atoms with Crippen LogP contribution in [0.3, 0.4) is 0 Å². The minimum absolute atomic E-state index is 0. The lowest BCUT2D eigenvalue weighted by Gasteiger charge is -2.37. The SMILES string of the molecule is C.C.C.C=O.C=O.CCCCCCCCCN(CCCCCCCC)CCN(CCCCCCCCC)CCN1CCN(C(=O)CN(CCCCCCCCC)CCCCCOCOC)CC1. The maximum atomic E-state index is 13.7. The van der Waals surface area contributed by atoms with E-state index in [1.807, 2.05) is 13.6 Å². The normalized spacial score (nSPS) is 12.5. The summed E-state index contributed by atoms with van der Waals surface area (Å²) in [6.07, 6.45) is 40.2. The number of ether oxygens (including phenoxy) is 2. The molecule has 0 radical (unpaired) electrons. The van der Waals surface area contributed by atoms with Crippen LogP contribution in [0.2, 0.25) is 0 Å². The maximum absolute atomic E-state index is 13.7. The molecule has 0 bridgehead atoms. The first kappa shape index (κ1) is 74.5. The van der Waals surface area contributed by atoms with Crippen LogP contribution in [0.1, 0.15) is 243 Å². The van der Waals surface area contributed by atoms with E-state index in [1.165, 1.54) is 206 Å².